The lowest BCUT2D eigenvalue weighted by Crippen LogP contribution is -2.36. The summed E-state index contributed by atoms with van der Waals surface area (Å²) in [6.45, 7) is 0.658. The third-order valence-electron chi connectivity index (χ3n) is 3.41. The summed E-state index contributed by atoms with van der Waals surface area (Å²) in [6, 6.07) is 3.72. The molecule has 0 amide bonds. The quantitative estimate of drug-likeness (QED) is 0.807. The number of likely N-dealkylation sites (tertiary alicyclic amines) is 1. The van der Waals surface area contributed by atoms with E-state index in [0.29, 0.717) is 19.6 Å². The van der Waals surface area contributed by atoms with Crippen molar-refractivity contribution in [2.45, 2.75) is 23.4 Å². The summed E-state index contributed by atoms with van der Waals surface area (Å²) in [5, 5.41) is 9.46. The van der Waals surface area contributed by atoms with Gasteiger partial charge in [0, 0.05) is 24.7 Å². The van der Waals surface area contributed by atoms with Crippen LogP contribution in [-0.4, -0.2) is 45.7 Å². The SMILES string of the molecule is COC[C@H]1C[C@@H](NS(=O)(=O)c2cc(Cl)ccc2Cl)CN1C#N. The van der Waals surface area contributed by atoms with Crippen LogP contribution >= 0.6 is 23.2 Å². The largest absolute Gasteiger partial charge is 0.383 e. The van der Waals surface area contributed by atoms with E-state index in [1.165, 1.54) is 23.1 Å². The van der Waals surface area contributed by atoms with Crippen LogP contribution in [-0.2, 0) is 14.8 Å². The zero-order chi connectivity index (χ0) is 16.3. The molecule has 1 aromatic carbocycles. The van der Waals surface area contributed by atoms with Crippen LogP contribution in [0.3, 0.4) is 0 Å². The predicted octanol–water partition coefficient (Wildman–Crippen LogP) is 1.84. The summed E-state index contributed by atoms with van der Waals surface area (Å²) < 4.78 is 32.5. The maximum Gasteiger partial charge on any atom is 0.242 e. The van der Waals surface area contributed by atoms with Crippen LogP contribution in [0.4, 0.5) is 0 Å². The number of nitrogens with zero attached hydrogens (tertiary/aromatic N) is 2. The van der Waals surface area contributed by atoms with Gasteiger partial charge >= 0.3 is 0 Å². The fourth-order valence-electron chi connectivity index (χ4n) is 2.44. The van der Waals surface area contributed by atoms with Crippen LogP contribution in [0.5, 0.6) is 0 Å². The van der Waals surface area contributed by atoms with Gasteiger partial charge in [-0.15, -0.1) is 0 Å². The first-order valence-electron chi connectivity index (χ1n) is 6.50. The van der Waals surface area contributed by atoms with Crippen molar-refractivity contribution in [2.75, 3.05) is 20.3 Å². The highest BCUT2D eigenvalue weighted by molar-refractivity contribution is 7.89. The van der Waals surface area contributed by atoms with Gasteiger partial charge in [-0.3, -0.25) is 0 Å². The normalized spacial score (nSPS) is 21.8. The van der Waals surface area contributed by atoms with E-state index < -0.39 is 10.0 Å². The van der Waals surface area contributed by atoms with E-state index in [2.05, 4.69) is 4.72 Å². The molecule has 0 bridgehead atoms. The Morgan fingerprint density at radius 3 is 2.86 bits per heavy atom. The van der Waals surface area contributed by atoms with Gasteiger partial charge in [0.1, 0.15) is 4.90 Å². The number of rotatable bonds is 5. The minimum absolute atomic E-state index is 0.0691. The van der Waals surface area contributed by atoms with Gasteiger partial charge < -0.3 is 9.64 Å². The number of nitriles is 1. The molecule has 22 heavy (non-hydrogen) atoms. The van der Waals surface area contributed by atoms with Crippen LogP contribution in [0.15, 0.2) is 23.1 Å². The van der Waals surface area contributed by atoms with Gasteiger partial charge in [-0.05, 0) is 24.6 Å². The Kier molecular flexibility index (Phi) is 5.53. The highest BCUT2D eigenvalue weighted by Crippen LogP contribution is 2.26. The molecule has 1 saturated heterocycles. The minimum atomic E-state index is -3.81. The summed E-state index contributed by atoms with van der Waals surface area (Å²) in [5.74, 6) is 0. The molecule has 0 unspecified atom stereocenters. The van der Waals surface area contributed by atoms with E-state index >= 15 is 0 Å². The number of hydrogen-bond acceptors (Lipinski definition) is 5. The summed E-state index contributed by atoms with van der Waals surface area (Å²) >= 11 is 11.8. The Labute approximate surface area is 139 Å². The molecular weight excluding hydrogens is 349 g/mol. The molecule has 0 saturated carbocycles. The zero-order valence-corrected chi connectivity index (χ0v) is 14.1. The molecule has 0 radical (unpaired) electrons. The molecule has 1 aliphatic heterocycles. The maximum atomic E-state index is 12.4. The van der Waals surface area contributed by atoms with Crippen molar-refractivity contribution in [1.29, 1.82) is 5.26 Å². The minimum Gasteiger partial charge on any atom is -0.383 e. The average Bonchev–Trinajstić information content (AvgIpc) is 2.83. The lowest BCUT2D eigenvalue weighted by molar-refractivity contribution is 0.141. The second-order valence-electron chi connectivity index (χ2n) is 4.99. The van der Waals surface area contributed by atoms with Gasteiger partial charge in [-0.25, -0.2) is 13.1 Å². The zero-order valence-electron chi connectivity index (χ0n) is 11.8. The smallest absolute Gasteiger partial charge is 0.242 e. The topological polar surface area (TPSA) is 82.4 Å². The van der Waals surface area contributed by atoms with Crippen LogP contribution in [0.1, 0.15) is 6.42 Å². The van der Waals surface area contributed by atoms with Gasteiger partial charge in [-0.2, -0.15) is 5.26 Å². The molecule has 1 aromatic rings. The van der Waals surface area contributed by atoms with E-state index in [0.717, 1.165) is 0 Å². The van der Waals surface area contributed by atoms with Crippen molar-refractivity contribution in [3.8, 4) is 6.19 Å². The highest BCUT2D eigenvalue weighted by Gasteiger charge is 2.34. The van der Waals surface area contributed by atoms with E-state index in [9.17, 15) is 8.42 Å². The van der Waals surface area contributed by atoms with Gasteiger partial charge in [0.25, 0.3) is 0 Å². The third-order valence-corrected chi connectivity index (χ3v) is 5.64. The molecule has 2 rings (SSSR count). The fourth-order valence-corrected chi connectivity index (χ4v) is 4.44. The van der Waals surface area contributed by atoms with Crippen molar-refractivity contribution < 1.29 is 13.2 Å². The fraction of sp³-hybridized carbons (Fsp3) is 0.462. The molecule has 0 aliphatic carbocycles. The average molecular weight is 364 g/mol. The monoisotopic (exact) mass is 363 g/mol. The number of sulfonamides is 1. The standard InChI is InChI=1S/C13H15Cl2N3O3S/c1-21-7-11-5-10(6-18(11)8-16)17-22(19,20)13-4-9(14)2-3-12(13)15/h2-4,10-11,17H,5-7H2,1H3/t10-,11-/m1/s1. The van der Waals surface area contributed by atoms with Crippen molar-refractivity contribution >= 4 is 33.2 Å². The number of halogens is 2. The van der Waals surface area contributed by atoms with Gasteiger partial charge in [0.15, 0.2) is 6.19 Å². The molecule has 120 valence electrons. The van der Waals surface area contributed by atoms with Crippen molar-refractivity contribution in [3.05, 3.63) is 28.2 Å². The summed E-state index contributed by atoms with van der Waals surface area (Å²) in [7, 11) is -2.27. The summed E-state index contributed by atoms with van der Waals surface area (Å²) in [5.41, 5.74) is 0. The molecule has 6 nitrogen and oxygen atoms in total. The van der Waals surface area contributed by atoms with Crippen LogP contribution in [0, 0.1) is 11.5 Å². The molecule has 1 N–H and O–H groups in total. The van der Waals surface area contributed by atoms with Crippen LogP contribution < -0.4 is 4.72 Å². The van der Waals surface area contributed by atoms with Crippen LogP contribution in [0.25, 0.3) is 0 Å². The Bertz CT molecular complexity index is 690. The van der Waals surface area contributed by atoms with Crippen LogP contribution in [0.2, 0.25) is 10.0 Å². The molecule has 2 atom stereocenters. The highest BCUT2D eigenvalue weighted by atomic mass is 35.5. The molecule has 1 heterocycles. The van der Waals surface area contributed by atoms with Gasteiger partial charge in [-0.1, -0.05) is 23.2 Å². The number of nitrogens with one attached hydrogen (secondary N) is 1. The van der Waals surface area contributed by atoms with Crippen molar-refractivity contribution in [3.63, 3.8) is 0 Å². The molecule has 1 aliphatic rings. The maximum absolute atomic E-state index is 12.4. The Morgan fingerprint density at radius 1 is 1.50 bits per heavy atom. The lowest BCUT2D eigenvalue weighted by atomic mass is 10.2. The second-order valence-corrected chi connectivity index (χ2v) is 7.52. The Balaban J connectivity index is 2.16. The molecule has 0 aromatic heterocycles. The van der Waals surface area contributed by atoms with Crippen molar-refractivity contribution in [2.24, 2.45) is 0 Å². The van der Waals surface area contributed by atoms with Crippen molar-refractivity contribution in [1.82, 2.24) is 9.62 Å². The van der Waals surface area contributed by atoms with E-state index in [1.54, 1.807) is 7.11 Å². The number of benzene rings is 1. The first-order chi connectivity index (χ1) is 10.4. The van der Waals surface area contributed by atoms with Gasteiger partial charge in [0.05, 0.1) is 17.7 Å². The van der Waals surface area contributed by atoms with Gasteiger partial charge in [0.2, 0.25) is 10.0 Å². The molecule has 1 fully saturated rings. The number of ether oxygens (including phenoxy) is 1. The molecule has 9 heteroatoms. The number of hydrogen-bond donors (Lipinski definition) is 1. The third kappa shape index (κ3) is 3.83. The lowest BCUT2D eigenvalue weighted by Gasteiger charge is -2.15. The number of methoxy groups -OCH3 is 1. The van der Waals surface area contributed by atoms with E-state index in [4.69, 9.17) is 33.2 Å². The van der Waals surface area contributed by atoms with E-state index in [-0.39, 0.29) is 27.0 Å². The predicted molar refractivity (Wildman–Crippen MR) is 83.2 cm³/mol. The Morgan fingerprint density at radius 2 is 2.23 bits per heavy atom. The van der Waals surface area contributed by atoms with E-state index in [1.807, 2.05) is 6.19 Å². The second kappa shape index (κ2) is 7.02. The first kappa shape index (κ1) is 17.3. The summed E-state index contributed by atoms with van der Waals surface area (Å²) in [4.78, 5) is 1.44. The Hall–Kier alpha value is -1.04. The summed E-state index contributed by atoms with van der Waals surface area (Å²) in [6.07, 6.45) is 2.53. The first-order valence-corrected chi connectivity index (χ1v) is 8.74. The molecule has 0 spiro atoms. The molecular formula is C13H15Cl2N3O3S.